The summed E-state index contributed by atoms with van der Waals surface area (Å²) in [4.78, 5) is 10.4. The summed E-state index contributed by atoms with van der Waals surface area (Å²) < 4.78 is 88.3. The molecule has 0 radical (unpaired) electrons. The van der Waals surface area contributed by atoms with Crippen molar-refractivity contribution in [3.8, 4) is 78.6 Å². The average Bonchev–Trinajstić information content (AvgIpc) is 3.85. The van der Waals surface area contributed by atoms with Gasteiger partial charge in [-0.3, -0.25) is 9.55 Å². The smallest absolute Gasteiger partial charge is 0.148 e. The molecule has 1 N–H and O–H groups in total. The number of imidazole rings is 1. The molecule has 7 aromatic carbocycles. The van der Waals surface area contributed by atoms with Crippen molar-refractivity contribution in [3.05, 3.63) is 192 Å². The second-order valence-electron chi connectivity index (χ2n) is 19.8. The van der Waals surface area contributed by atoms with Gasteiger partial charge in [0.1, 0.15) is 11.6 Å². The number of para-hydroxylation sites is 1. The van der Waals surface area contributed by atoms with E-state index < -0.39 is 42.8 Å². The molecule has 0 saturated heterocycles. The van der Waals surface area contributed by atoms with Crippen LogP contribution in [0.15, 0.2) is 164 Å². The molecule has 2 aromatic heterocycles. The Morgan fingerprint density at radius 1 is 0.574 bits per heavy atom. The second kappa shape index (κ2) is 18.6. The Balaban J connectivity index is 0.00000803. The molecule has 5 heteroatoms. The van der Waals surface area contributed by atoms with Gasteiger partial charge < -0.3 is 5.11 Å². The molecule has 0 spiro atoms. The van der Waals surface area contributed by atoms with Crippen molar-refractivity contribution in [2.24, 2.45) is 0 Å². The van der Waals surface area contributed by atoms with E-state index in [9.17, 15) is 5.11 Å². The maximum absolute atomic E-state index is 12.7. The van der Waals surface area contributed by atoms with Gasteiger partial charge in [0.15, 0.2) is 0 Å². The van der Waals surface area contributed by atoms with Gasteiger partial charge in [-0.25, -0.2) is 4.98 Å². The first-order valence-electron chi connectivity index (χ1n) is 27.7. The Morgan fingerprint density at radius 3 is 1.87 bits per heavy atom. The third-order valence-corrected chi connectivity index (χ3v) is 12.6. The van der Waals surface area contributed by atoms with Gasteiger partial charge in [0, 0.05) is 57.8 Å². The van der Waals surface area contributed by atoms with Crippen LogP contribution in [0.4, 0.5) is 0 Å². The molecule has 346 valence electrons. The summed E-state index contributed by atoms with van der Waals surface area (Å²) in [5.74, 6) is -0.409. The van der Waals surface area contributed by atoms with Crippen LogP contribution in [0.5, 0.6) is 5.75 Å². The van der Waals surface area contributed by atoms with E-state index in [4.69, 9.17) is 23.7 Å². The van der Waals surface area contributed by atoms with Gasteiger partial charge in [0.25, 0.3) is 0 Å². The average molecular weight is 1080 g/mol. The topological polar surface area (TPSA) is 50.9 Å². The molecule has 0 aliphatic carbocycles. The summed E-state index contributed by atoms with van der Waals surface area (Å²) in [6.45, 7) is 5.62. The molecule has 9 rings (SSSR count). The zero-order valence-electron chi connectivity index (χ0n) is 49.7. The molecule has 0 atom stereocenters. The molecule has 0 aliphatic heterocycles. The SMILES string of the molecule is [2H]C(C)(C)c1ccc(-c2ccnc(-c3[c-]c(-c4cccc5c4nc(-c4cc(C(C)(C)C)cc(C(C)(C)C)c4O)n5-c4ccc(C(C([2H])([2H])[2H])(C([2H])([2H])[2H])C([2H])([2H])[2H])cc4-c4ccccc4)cc(-c4ccccc4)c3)c2)cc1.[Pt]. The fourth-order valence-electron chi connectivity index (χ4n) is 8.77. The summed E-state index contributed by atoms with van der Waals surface area (Å²) in [5.41, 5.74) is 7.31. The quantitative estimate of drug-likeness (QED) is 0.154. The first-order valence-corrected chi connectivity index (χ1v) is 22.7. The third-order valence-electron chi connectivity index (χ3n) is 12.6. The number of pyridine rings is 1. The van der Waals surface area contributed by atoms with Crippen LogP contribution in [-0.2, 0) is 37.3 Å². The zero-order chi connectivity index (χ0) is 55.8. The molecule has 0 saturated carbocycles. The predicted molar refractivity (Wildman–Crippen MR) is 282 cm³/mol. The van der Waals surface area contributed by atoms with E-state index in [1.807, 2.05) is 142 Å². The number of aromatic hydroxyl groups is 1. The molecule has 0 bridgehead atoms. The van der Waals surface area contributed by atoms with Gasteiger partial charge >= 0.3 is 0 Å². The number of aromatic nitrogens is 3. The Morgan fingerprint density at radius 2 is 1.22 bits per heavy atom. The van der Waals surface area contributed by atoms with Crippen molar-refractivity contribution in [1.29, 1.82) is 0 Å². The van der Waals surface area contributed by atoms with Crippen LogP contribution in [0.2, 0.25) is 0 Å². The first kappa shape index (κ1) is 36.7. The molecule has 0 amide bonds. The van der Waals surface area contributed by atoms with Crippen LogP contribution in [-0.4, -0.2) is 19.6 Å². The molecule has 0 unspecified atom stereocenters. The van der Waals surface area contributed by atoms with Crippen molar-refractivity contribution in [1.82, 2.24) is 14.5 Å². The number of phenols is 1. The summed E-state index contributed by atoms with van der Waals surface area (Å²) >= 11 is 0. The number of benzene rings is 7. The fraction of sp³-hybridized carbons (Fsp3) is 0.238. The van der Waals surface area contributed by atoms with E-state index in [0.717, 1.165) is 38.9 Å². The van der Waals surface area contributed by atoms with Gasteiger partial charge in [0.05, 0.1) is 22.3 Å². The largest absolute Gasteiger partial charge is 0.507 e. The summed E-state index contributed by atoms with van der Waals surface area (Å²) in [7, 11) is 0. The Hall–Kier alpha value is -6.35. The summed E-state index contributed by atoms with van der Waals surface area (Å²) in [6.07, 6.45) is 1.78. The maximum atomic E-state index is 12.7. The van der Waals surface area contributed by atoms with Gasteiger partial charge in [-0.1, -0.05) is 208 Å². The van der Waals surface area contributed by atoms with Gasteiger partial charge in [-0.05, 0) is 91.4 Å². The maximum Gasteiger partial charge on any atom is 0.148 e. The number of hydrogen-bond acceptors (Lipinski definition) is 3. The van der Waals surface area contributed by atoms with Crippen molar-refractivity contribution in [2.75, 3.05) is 0 Å². The number of phenolic OH excluding ortho intramolecular Hbond substituents is 1. The minimum absolute atomic E-state index is 0. The minimum atomic E-state index is -3.50. The van der Waals surface area contributed by atoms with Crippen molar-refractivity contribution < 1.29 is 39.9 Å². The van der Waals surface area contributed by atoms with Gasteiger partial charge in [0.2, 0.25) is 0 Å². The Kier molecular flexibility index (Phi) is 10.0. The van der Waals surface area contributed by atoms with E-state index in [0.29, 0.717) is 61.6 Å². The van der Waals surface area contributed by atoms with E-state index in [-0.39, 0.29) is 32.2 Å². The molecular weight excluding hydrogens is 1010 g/mol. The minimum Gasteiger partial charge on any atom is -0.507 e. The first-order chi connectivity index (χ1) is 35.9. The monoisotopic (exact) mass is 1080 g/mol. The molecule has 4 nitrogen and oxygen atoms in total. The van der Waals surface area contributed by atoms with E-state index >= 15 is 0 Å². The van der Waals surface area contributed by atoms with E-state index in [1.54, 1.807) is 36.5 Å². The molecule has 68 heavy (non-hydrogen) atoms. The number of nitrogens with zero attached hydrogens (tertiary/aromatic N) is 3. The second-order valence-corrected chi connectivity index (χ2v) is 19.8. The summed E-state index contributed by atoms with van der Waals surface area (Å²) in [5, 5.41) is 12.7. The van der Waals surface area contributed by atoms with Crippen LogP contribution < -0.4 is 0 Å². The Bertz CT molecular complexity index is 3620. The third kappa shape index (κ3) is 9.54. The Labute approximate surface area is 432 Å². The predicted octanol–water partition coefficient (Wildman–Crippen LogP) is 16.9. The number of hydrogen-bond donors (Lipinski definition) is 1. The zero-order valence-corrected chi connectivity index (χ0v) is 42.0. The normalized spacial score (nSPS) is 15.0. The van der Waals surface area contributed by atoms with Gasteiger partial charge in [-0.2, -0.15) is 0 Å². The van der Waals surface area contributed by atoms with Crippen molar-refractivity contribution in [3.63, 3.8) is 0 Å². The molecule has 0 aliphatic rings. The molecular formula is C63H62N3OPt-. The molecule has 2 heterocycles. The van der Waals surface area contributed by atoms with Crippen LogP contribution in [0.1, 0.15) is 118 Å². The fourth-order valence-corrected chi connectivity index (χ4v) is 8.77. The van der Waals surface area contributed by atoms with E-state index in [1.165, 1.54) is 12.1 Å². The van der Waals surface area contributed by atoms with Gasteiger partial charge in [-0.15, -0.1) is 23.8 Å². The van der Waals surface area contributed by atoms with Crippen LogP contribution in [0.3, 0.4) is 0 Å². The summed E-state index contributed by atoms with van der Waals surface area (Å²) in [6, 6.07) is 52.9. The van der Waals surface area contributed by atoms with Crippen molar-refractivity contribution >= 4 is 11.0 Å². The van der Waals surface area contributed by atoms with E-state index in [2.05, 4.69) is 39.0 Å². The number of fused-ring (bicyclic) bond motifs is 1. The van der Waals surface area contributed by atoms with Crippen LogP contribution in [0.25, 0.3) is 83.9 Å². The standard InChI is InChI=1S/C63H62N3O.Pt/c1-40(2)41-25-27-43(28-26-41)45-31-32-64-55(36-45)48-34-46(42-19-14-12-15-20-42)33-47(35-48)51-23-18-24-57-58(51)65-60(53-38-50(62(6,7)8)39-54(59(53)67)63(9,10)11)66(57)56-30-29-49(61(3,4)5)37-52(56)44-21-16-13-17-22-44;/h12-34,36-40,67H,1-11H3;/q-1;/i3D3,4D3,5D3,40D;. The van der Waals surface area contributed by atoms with Crippen LogP contribution in [0, 0.1) is 6.07 Å². The molecule has 0 fully saturated rings. The van der Waals surface area contributed by atoms with Crippen LogP contribution >= 0.6 is 0 Å². The molecule has 9 aromatic rings. The number of rotatable bonds is 8. The van der Waals surface area contributed by atoms with Crippen molar-refractivity contribution in [2.45, 2.75) is 98.1 Å².